The number of likely N-dealkylation sites (tertiary alicyclic amines) is 1. The molecule has 0 spiro atoms. The van der Waals surface area contributed by atoms with Crippen LogP contribution in [-0.2, 0) is 19.7 Å². The van der Waals surface area contributed by atoms with Crippen molar-refractivity contribution in [3.8, 4) is 0 Å². The number of pyridine rings is 1. The largest absolute Gasteiger partial charge is 0.444 e. The lowest BCUT2D eigenvalue weighted by atomic mass is 9.87. The molecule has 9 heteroatoms. The van der Waals surface area contributed by atoms with Crippen molar-refractivity contribution < 1.29 is 24.2 Å². The Labute approximate surface area is 243 Å². The number of amides is 3. The number of β-amino-alcohol motifs (C(OH)–C–C–N with tert-alkyl or cyclic N) is 1. The van der Waals surface area contributed by atoms with E-state index in [9.17, 15) is 19.5 Å². The summed E-state index contributed by atoms with van der Waals surface area (Å²) in [4.78, 5) is 48.8. The van der Waals surface area contributed by atoms with E-state index in [2.05, 4.69) is 31.1 Å². The summed E-state index contributed by atoms with van der Waals surface area (Å²) in [5.41, 5.74) is 1.26. The number of aromatic nitrogens is 1. The number of carbonyl (C=O) groups excluding carboxylic acids is 3. The van der Waals surface area contributed by atoms with E-state index in [1.54, 1.807) is 45.3 Å². The molecule has 1 unspecified atom stereocenters. The minimum absolute atomic E-state index is 0.0338. The van der Waals surface area contributed by atoms with Gasteiger partial charge in [0.15, 0.2) is 0 Å². The summed E-state index contributed by atoms with van der Waals surface area (Å²) in [5.74, 6) is -0.771. The van der Waals surface area contributed by atoms with Gasteiger partial charge in [0.1, 0.15) is 17.7 Å². The molecule has 1 aliphatic heterocycles. The van der Waals surface area contributed by atoms with E-state index >= 15 is 0 Å². The number of hydrogen-bond donors (Lipinski definition) is 2. The third-order valence-corrected chi connectivity index (χ3v) is 7.65. The topological polar surface area (TPSA) is 112 Å². The van der Waals surface area contributed by atoms with Crippen LogP contribution in [0, 0.1) is 0 Å². The summed E-state index contributed by atoms with van der Waals surface area (Å²) in [6, 6.07) is 9.11. The maximum absolute atomic E-state index is 14.6. The quantitative estimate of drug-likeness (QED) is 0.517. The molecule has 1 aromatic heterocycles. The zero-order valence-corrected chi connectivity index (χ0v) is 25.1. The molecule has 0 bridgehead atoms. The molecule has 0 radical (unpaired) electrons. The van der Waals surface area contributed by atoms with Crippen molar-refractivity contribution in [1.29, 1.82) is 0 Å². The number of aliphatic hydroxyl groups excluding tert-OH is 1. The molecule has 41 heavy (non-hydrogen) atoms. The van der Waals surface area contributed by atoms with E-state index < -0.39 is 35.8 Å². The maximum atomic E-state index is 14.6. The van der Waals surface area contributed by atoms with Crippen LogP contribution in [0.4, 0.5) is 10.5 Å². The zero-order valence-electron chi connectivity index (χ0n) is 25.1. The van der Waals surface area contributed by atoms with Gasteiger partial charge in [-0.1, -0.05) is 51.8 Å². The second kappa shape index (κ2) is 12.2. The molecule has 2 aromatic rings. The number of anilines is 1. The van der Waals surface area contributed by atoms with Gasteiger partial charge in [0, 0.05) is 36.1 Å². The molecule has 2 fully saturated rings. The third kappa shape index (κ3) is 7.44. The van der Waals surface area contributed by atoms with Crippen LogP contribution in [-0.4, -0.2) is 63.2 Å². The van der Waals surface area contributed by atoms with Gasteiger partial charge in [-0.05, 0) is 62.8 Å². The smallest absolute Gasteiger partial charge is 0.411 e. The fourth-order valence-electron chi connectivity index (χ4n) is 5.56. The molecule has 2 aliphatic rings. The Kier molecular flexibility index (Phi) is 9.07. The Morgan fingerprint density at radius 2 is 1.71 bits per heavy atom. The van der Waals surface area contributed by atoms with Crippen LogP contribution in [0.2, 0.25) is 0 Å². The molecule has 222 valence electrons. The van der Waals surface area contributed by atoms with Gasteiger partial charge < -0.3 is 15.2 Å². The number of nitrogens with zero attached hydrogens (tertiary/aromatic N) is 3. The van der Waals surface area contributed by atoms with Crippen LogP contribution >= 0.6 is 0 Å². The highest BCUT2D eigenvalue weighted by molar-refractivity contribution is 6.04. The first kappa shape index (κ1) is 30.5. The molecule has 1 saturated carbocycles. The van der Waals surface area contributed by atoms with Crippen molar-refractivity contribution in [3.63, 3.8) is 0 Å². The fraction of sp³-hybridized carbons (Fsp3) is 0.562. The summed E-state index contributed by atoms with van der Waals surface area (Å²) >= 11 is 0. The predicted molar refractivity (Wildman–Crippen MR) is 157 cm³/mol. The first-order valence-electron chi connectivity index (χ1n) is 14.6. The zero-order chi connectivity index (χ0) is 29.9. The van der Waals surface area contributed by atoms with E-state index in [0.29, 0.717) is 11.3 Å². The molecule has 3 amide bonds. The number of aliphatic hydroxyl groups is 1. The Morgan fingerprint density at radius 3 is 2.27 bits per heavy atom. The number of carbonyl (C=O) groups is 3. The van der Waals surface area contributed by atoms with Gasteiger partial charge in [-0.3, -0.25) is 24.4 Å². The molecule has 1 aliphatic carbocycles. The van der Waals surface area contributed by atoms with Gasteiger partial charge in [-0.15, -0.1) is 0 Å². The van der Waals surface area contributed by atoms with Gasteiger partial charge in [0.05, 0.1) is 12.6 Å². The Hall–Kier alpha value is -3.46. The lowest BCUT2D eigenvalue weighted by Gasteiger charge is -2.36. The highest BCUT2D eigenvalue weighted by Crippen LogP contribution is 2.34. The van der Waals surface area contributed by atoms with Crippen LogP contribution in [0.3, 0.4) is 0 Å². The lowest BCUT2D eigenvalue weighted by Crippen LogP contribution is -2.53. The SMILES string of the molecule is CC(C)(C)OC(=O)N1C[C@H](O)C[C@@H]1C(=O)N(c1ccc(C(C)(C)C)cc1)C(C(=O)NC1CCCC1)c1cccnc1. The second-order valence-corrected chi connectivity index (χ2v) is 13.2. The lowest BCUT2D eigenvalue weighted by molar-refractivity contribution is -0.129. The van der Waals surface area contributed by atoms with Crippen molar-refractivity contribution in [1.82, 2.24) is 15.2 Å². The van der Waals surface area contributed by atoms with Crippen LogP contribution in [0.5, 0.6) is 0 Å². The molecule has 2 N–H and O–H groups in total. The fourth-order valence-corrected chi connectivity index (χ4v) is 5.56. The van der Waals surface area contributed by atoms with Crippen LogP contribution in [0.1, 0.15) is 90.8 Å². The Balaban J connectivity index is 1.79. The number of rotatable bonds is 6. The normalized spacial score (nSPS) is 20.5. The second-order valence-electron chi connectivity index (χ2n) is 13.2. The van der Waals surface area contributed by atoms with Gasteiger partial charge in [0.2, 0.25) is 5.91 Å². The van der Waals surface area contributed by atoms with E-state index in [0.717, 1.165) is 31.2 Å². The van der Waals surface area contributed by atoms with Crippen molar-refractivity contribution in [2.24, 2.45) is 0 Å². The minimum atomic E-state index is -1.03. The third-order valence-electron chi connectivity index (χ3n) is 7.65. The molecular formula is C32H44N4O5. The van der Waals surface area contributed by atoms with E-state index in [4.69, 9.17) is 4.74 Å². The van der Waals surface area contributed by atoms with Crippen molar-refractivity contribution in [2.75, 3.05) is 11.4 Å². The number of benzene rings is 1. The molecular weight excluding hydrogens is 520 g/mol. The average molecular weight is 565 g/mol. The van der Waals surface area contributed by atoms with Crippen molar-refractivity contribution in [3.05, 3.63) is 59.9 Å². The van der Waals surface area contributed by atoms with E-state index in [1.807, 2.05) is 24.3 Å². The van der Waals surface area contributed by atoms with Crippen LogP contribution < -0.4 is 10.2 Å². The number of nitrogens with one attached hydrogen (secondary N) is 1. The maximum Gasteiger partial charge on any atom is 0.411 e. The van der Waals surface area contributed by atoms with Crippen LogP contribution in [0.15, 0.2) is 48.8 Å². The van der Waals surface area contributed by atoms with Crippen molar-refractivity contribution >= 4 is 23.6 Å². The molecule has 3 atom stereocenters. The summed E-state index contributed by atoms with van der Waals surface area (Å²) in [5, 5.41) is 13.8. The first-order chi connectivity index (χ1) is 19.2. The Morgan fingerprint density at radius 1 is 1.05 bits per heavy atom. The molecule has 1 saturated heterocycles. The molecule has 2 heterocycles. The van der Waals surface area contributed by atoms with Crippen molar-refractivity contribution in [2.45, 2.75) is 109 Å². The number of ether oxygens (including phenoxy) is 1. The van der Waals surface area contributed by atoms with Gasteiger partial charge in [-0.25, -0.2) is 4.79 Å². The summed E-state index contributed by atoms with van der Waals surface area (Å²) in [7, 11) is 0. The molecule has 4 rings (SSSR count). The van der Waals surface area contributed by atoms with Gasteiger partial charge >= 0.3 is 6.09 Å². The summed E-state index contributed by atoms with van der Waals surface area (Å²) in [6.07, 6.45) is 5.55. The monoisotopic (exact) mass is 564 g/mol. The van der Waals surface area contributed by atoms with Crippen LogP contribution in [0.25, 0.3) is 0 Å². The van der Waals surface area contributed by atoms with E-state index in [1.165, 1.54) is 9.80 Å². The predicted octanol–water partition coefficient (Wildman–Crippen LogP) is 4.88. The van der Waals surface area contributed by atoms with Gasteiger partial charge in [-0.2, -0.15) is 0 Å². The highest BCUT2D eigenvalue weighted by atomic mass is 16.6. The number of hydrogen-bond acceptors (Lipinski definition) is 6. The summed E-state index contributed by atoms with van der Waals surface area (Å²) in [6.45, 7) is 11.5. The Bertz CT molecular complexity index is 1210. The highest BCUT2D eigenvalue weighted by Gasteiger charge is 2.46. The standard InChI is InChI=1S/C32H44N4O5/c1-31(2,3)22-13-15-24(16-14-22)36(29(39)26-18-25(37)20-35(26)30(40)41-32(4,5)6)27(21-10-9-17-33-19-21)28(38)34-23-11-7-8-12-23/h9-10,13-17,19,23,25-27,37H,7-8,11-12,18,20H2,1-6H3,(H,34,38)/t25-,26-,27?/m1/s1. The molecule has 1 aromatic carbocycles. The van der Waals surface area contributed by atoms with E-state index in [-0.39, 0.29) is 30.3 Å². The molecule has 9 nitrogen and oxygen atoms in total. The summed E-state index contributed by atoms with van der Waals surface area (Å²) < 4.78 is 5.59. The minimum Gasteiger partial charge on any atom is -0.444 e. The first-order valence-corrected chi connectivity index (χ1v) is 14.6. The average Bonchev–Trinajstić information content (AvgIpc) is 3.55. The van der Waals surface area contributed by atoms with Gasteiger partial charge in [0.25, 0.3) is 5.91 Å².